The molecular formula is C9H15N4O3P. The minimum atomic E-state index is -4.25. The molecule has 0 heterocycles. The summed E-state index contributed by atoms with van der Waals surface area (Å²) < 4.78 is 10.9. The first kappa shape index (κ1) is 13.7. The molecule has 8 heteroatoms. The number of hydrogen-bond acceptors (Lipinski definition) is 3. The Bertz CT molecular complexity index is 450. The number of guanidine groups is 1. The number of aliphatic imine (C=N–C) groups is 1. The summed E-state index contributed by atoms with van der Waals surface area (Å²) in [5, 5.41) is 0. The van der Waals surface area contributed by atoms with Gasteiger partial charge in [0, 0.05) is 0 Å². The maximum absolute atomic E-state index is 10.9. The van der Waals surface area contributed by atoms with Gasteiger partial charge in [-0.15, -0.1) is 0 Å². The largest absolute Gasteiger partial charge is 0.370 e. The van der Waals surface area contributed by atoms with E-state index in [0.717, 1.165) is 0 Å². The van der Waals surface area contributed by atoms with Crippen LogP contribution in [-0.2, 0) is 11.0 Å². The SMILES string of the molecule is NC(N)=Nc1ccc(C[C@@H](N)P(=O)(O)O)cc1. The van der Waals surface area contributed by atoms with Crippen molar-refractivity contribution in [1.82, 2.24) is 0 Å². The Hall–Kier alpha value is -1.40. The molecule has 1 aromatic carbocycles. The van der Waals surface area contributed by atoms with Gasteiger partial charge in [-0.2, -0.15) is 0 Å². The molecule has 8 N–H and O–H groups in total. The van der Waals surface area contributed by atoms with Gasteiger partial charge in [0.1, 0.15) is 5.78 Å². The van der Waals surface area contributed by atoms with Crippen molar-refractivity contribution in [2.24, 2.45) is 22.2 Å². The average Bonchev–Trinajstić information content (AvgIpc) is 2.18. The maximum Gasteiger partial charge on any atom is 0.342 e. The lowest BCUT2D eigenvalue weighted by Gasteiger charge is -2.13. The summed E-state index contributed by atoms with van der Waals surface area (Å²) in [6.45, 7) is 0. The van der Waals surface area contributed by atoms with E-state index in [2.05, 4.69) is 4.99 Å². The van der Waals surface area contributed by atoms with Crippen LogP contribution in [0.25, 0.3) is 0 Å². The summed E-state index contributed by atoms with van der Waals surface area (Å²) in [5.41, 5.74) is 17.1. The molecule has 0 saturated heterocycles. The first-order valence-electron chi connectivity index (χ1n) is 4.78. The Kier molecular flexibility index (Phi) is 4.25. The van der Waals surface area contributed by atoms with Gasteiger partial charge in [-0.25, -0.2) is 4.99 Å². The highest BCUT2D eigenvalue weighted by Crippen LogP contribution is 2.39. The molecule has 0 unspecified atom stereocenters. The Morgan fingerprint density at radius 3 is 2.24 bits per heavy atom. The van der Waals surface area contributed by atoms with Gasteiger partial charge in [-0.05, 0) is 24.1 Å². The third-order valence-corrected chi connectivity index (χ3v) is 3.12. The first-order chi connectivity index (χ1) is 7.79. The number of benzene rings is 1. The van der Waals surface area contributed by atoms with E-state index >= 15 is 0 Å². The smallest absolute Gasteiger partial charge is 0.342 e. The second-order valence-electron chi connectivity index (χ2n) is 3.56. The van der Waals surface area contributed by atoms with Crippen molar-refractivity contribution in [1.29, 1.82) is 0 Å². The lowest BCUT2D eigenvalue weighted by molar-refractivity contribution is 0.358. The number of nitrogens with two attached hydrogens (primary N) is 3. The summed E-state index contributed by atoms with van der Waals surface area (Å²) in [6.07, 6.45) is 0.0897. The second-order valence-corrected chi connectivity index (χ2v) is 5.41. The molecule has 7 nitrogen and oxygen atoms in total. The Labute approximate surface area is 98.5 Å². The molecule has 0 aliphatic carbocycles. The van der Waals surface area contributed by atoms with Crippen molar-refractivity contribution >= 4 is 19.2 Å². The summed E-state index contributed by atoms with van der Waals surface area (Å²) >= 11 is 0. The third-order valence-electron chi connectivity index (χ3n) is 2.07. The minimum absolute atomic E-state index is 0.0512. The number of nitrogens with zero attached hydrogens (tertiary/aromatic N) is 1. The van der Waals surface area contributed by atoms with Gasteiger partial charge >= 0.3 is 7.60 Å². The zero-order valence-corrected chi connectivity index (χ0v) is 9.92. The molecule has 0 aliphatic rings. The molecule has 0 aromatic heterocycles. The molecule has 0 fully saturated rings. The third kappa shape index (κ3) is 4.54. The number of hydrogen-bond donors (Lipinski definition) is 5. The molecule has 0 saturated carbocycles. The molecule has 0 amide bonds. The standard InChI is InChI=1S/C9H15N4O3P/c10-8(17(14,15)16)5-6-1-3-7(4-2-6)13-9(11)12/h1-4,8H,5,10H2,(H4,11,12,13)(H2,14,15,16)/t8-/m0/s1. The quantitative estimate of drug-likeness (QED) is 0.282. The van der Waals surface area contributed by atoms with Crippen LogP contribution >= 0.6 is 7.60 Å². The van der Waals surface area contributed by atoms with Crippen molar-refractivity contribution in [2.75, 3.05) is 0 Å². The van der Waals surface area contributed by atoms with E-state index in [4.69, 9.17) is 27.0 Å². The van der Waals surface area contributed by atoms with Gasteiger partial charge in [0.05, 0.1) is 5.69 Å². The fourth-order valence-electron chi connectivity index (χ4n) is 1.22. The zero-order valence-electron chi connectivity index (χ0n) is 9.02. The molecule has 17 heavy (non-hydrogen) atoms. The fraction of sp³-hybridized carbons (Fsp3) is 0.222. The fourth-order valence-corrected chi connectivity index (χ4v) is 1.66. The Balaban J connectivity index is 2.76. The van der Waals surface area contributed by atoms with E-state index < -0.39 is 13.4 Å². The molecule has 1 atom stereocenters. The summed E-state index contributed by atoms with van der Waals surface area (Å²) in [7, 11) is -4.25. The Morgan fingerprint density at radius 2 is 1.82 bits per heavy atom. The normalized spacial score (nSPS) is 13.1. The molecular weight excluding hydrogens is 243 g/mol. The maximum atomic E-state index is 10.9. The minimum Gasteiger partial charge on any atom is -0.370 e. The zero-order chi connectivity index (χ0) is 13.1. The summed E-state index contributed by atoms with van der Waals surface area (Å²) in [6, 6.07) is 6.61. The second kappa shape index (κ2) is 5.29. The molecule has 1 rings (SSSR count). The predicted octanol–water partition coefficient (Wildman–Crippen LogP) is -0.403. The summed E-state index contributed by atoms with van der Waals surface area (Å²) in [4.78, 5) is 21.5. The molecule has 0 radical (unpaired) electrons. The van der Waals surface area contributed by atoms with Crippen molar-refractivity contribution in [3.05, 3.63) is 29.8 Å². The highest BCUT2D eigenvalue weighted by molar-refractivity contribution is 7.52. The number of rotatable bonds is 4. The van der Waals surface area contributed by atoms with Crippen LogP contribution in [0.2, 0.25) is 0 Å². The Morgan fingerprint density at radius 1 is 1.29 bits per heavy atom. The van der Waals surface area contributed by atoms with Crippen molar-refractivity contribution < 1.29 is 14.4 Å². The van der Waals surface area contributed by atoms with E-state index in [1.807, 2.05) is 0 Å². The molecule has 94 valence electrons. The van der Waals surface area contributed by atoms with Crippen LogP contribution in [0, 0.1) is 0 Å². The average molecular weight is 258 g/mol. The van der Waals surface area contributed by atoms with Crippen molar-refractivity contribution in [3.63, 3.8) is 0 Å². The van der Waals surface area contributed by atoms with Gasteiger partial charge in [0.2, 0.25) is 0 Å². The highest BCUT2D eigenvalue weighted by Gasteiger charge is 2.24. The summed E-state index contributed by atoms with van der Waals surface area (Å²) in [5.74, 6) is -1.25. The predicted molar refractivity (Wildman–Crippen MR) is 65.6 cm³/mol. The van der Waals surface area contributed by atoms with Crippen molar-refractivity contribution in [3.8, 4) is 0 Å². The van der Waals surface area contributed by atoms with Gasteiger partial charge in [-0.1, -0.05) is 12.1 Å². The van der Waals surface area contributed by atoms with Crippen LogP contribution in [0.3, 0.4) is 0 Å². The van der Waals surface area contributed by atoms with E-state index in [1.165, 1.54) is 0 Å². The topological polar surface area (TPSA) is 148 Å². The lowest BCUT2D eigenvalue weighted by Crippen LogP contribution is -2.22. The monoisotopic (exact) mass is 258 g/mol. The van der Waals surface area contributed by atoms with E-state index in [0.29, 0.717) is 11.3 Å². The first-order valence-corrected chi connectivity index (χ1v) is 6.46. The van der Waals surface area contributed by atoms with Crippen LogP contribution in [0.1, 0.15) is 5.56 Å². The van der Waals surface area contributed by atoms with Crippen LogP contribution in [0.15, 0.2) is 29.3 Å². The van der Waals surface area contributed by atoms with Crippen molar-refractivity contribution in [2.45, 2.75) is 12.2 Å². The van der Waals surface area contributed by atoms with Crippen LogP contribution < -0.4 is 17.2 Å². The molecule has 0 bridgehead atoms. The molecule has 0 spiro atoms. The molecule has 1 aromatic rings. The van der Waals surface area contributed by atoms with Gasteiger partial charge in [-0.3, -0.25) is 4.57 Å². The van der Waals surface area contributed by atoms with Gasteiger partial charge in [0.15, 0.2) is 5.96 Å². The van der Waals surface area contributed by atoms with Crippen LogP contribution in [-0.4, -0.2) is 21.5 Å². The van der Waals surface area contributed by atoms with Crippen LogP contribution in [0.4, 0.5) is 5.69 Å². The van der Waals surface area contributed by atoms with Gasteiger partial charge < -0.3 is 27.0 Å². The molecule has 0 aliphatic heterocycles. The van der Waals surface area contributed by atoms with E-state index in [1.54, 1.807) is 24.3 Å². The van der Waals surface area contributed by atoms with Gasteiger partial charge in [0.25, 0.3) is 0 Å². The van der Waals surface area contributed by atoms with E-state index in [-0.39, 0.29) is 12.4 Å². The van der Waals surface area contributed by atoms with Crippen LogP contribution in [0.5, 0.6) is 0 Å². The highest BCUT2D eigenvalue weighted by atomic mass is 31.2. The lowest BCUT2D eigenvalue weighted by atomic mass is 10.1. The van der Waals surface area contributed by atoms with E-state index in [9.17, 15) is 4.57 Å².